The molecule has 3 heterocycles. The highest BCUT2D eigenvalue weighted by Gasteiger charge is 2.36. The van der Waals surface area contributed by atoms with Crippen LogP contribution in [-0.2, 0) is 12.7 Å². The number of nitrogens with one attached hydrogen (secondary N) is 1. The standard InChI is InChI=1S/C22H16F3N5O3/c1-12-2-5-14(6-3-12)15-9-18(22(23,24)25)30-21(27-15)28-19(29-30)20(31)26-10-13-4-7-16-17(8-13)33-11-32-16/h2-9H,10-11H2,1H3,(H,26,31). The lowest BCUT2D eigenvalue weighted by Crippen LogP contribution is -2.24. The van der Waals surface area contributed by atoms with Crippen LogP contribution in [0.3, 0.4) is 0 Å². The van der Waals surface area contributed by atoms with E-state index in [-0.39, 0.29) is 24.8 Å². The van der Waals surface area contributed by atoms with Gasteiger partial charge in [-0.25, -0.2) is 4.98 Å². The molecule has 0 unspecified atom stereocenters. The van der Waals surface area contributed by atoms with Gasteiger partial charge in [0.15, 0.2) is 17.2 Å². The zero-order valence-corrected chi connectivity index (χ0v) is 17.2. The third kappa shape index (κ3) is 4.04. The molecule has 2 aromatic carbocycles. The first-order valence-corrected chi connectivity index (χ1v) is 9.87. The minimum atomic E-state index is -4.73. The number of rotatable bonds is 4. The summed E-state index contributed by atoms with van der Waals surface area (Å²) in [5.74, 6) is -0.330. The number of aromatic nitrogens is 4. The Morgan fingerprint density at radius 2 is 1.82 bits per heavy atom. The number of carbonyl (C=O) groups excluding carboxylic acids is 1. The molecule has 33 heavy (non-hydrogen) atoms. The van der Waals surface area contributed by atoms with Crippen molar-refractivity contribution < 1.29 is 27.4 Å². The van der Waals surface area contributed by atoms with Crippen LogP contribution in [-0.4, -0.2) is 32.3 Å². The molecule has 0 saturated heterocycles. The first-order chi connectivity index (χ1) is 15.8. The molecular weight excluding hydrogens is 439 g/mol. The molecule has 2 aromatic heterocycles. The molecule has 11 heteroatoms. The lowest BCUT2D eigenvalue weighted by molar-refractivity contribution is -0.142. The smallest absolute Gasteiger partial charge is 0.433 e. The van der Waals surface area contributed by atoms with Gasteiger partial charge in [-0.05, 0) is 30.7 Å². The largest absolute Gasteiger partial charge is 0.454 e. The molecule has 168 valence electrons. The molecule has 1 amide bonds. The molecule has 0 fully saturated rings. The second-order valence-corrected chi connectivity index (χ2v) is 7.41. The van der Waals surface area contributed by atoms with Gasteiger partial charge in [0.2, 0.25) is 12.6 Å². The van der Waals surface area contributed by atoms with Crippen molar-refractivity contribution in [1.82, 2.24) is 24.9 Å². The number of carbonyl (C=O) groups is 1. The number of alkyl halides is 3. The predicted molar refractivity (Wildman–Crippen MR) is 110 cm³/mol. The Bertz CT molecular complexity index is 1370. The van der Waals surface area contributed by atoms with Crippen LogP contribution in [0, 0.1) is 6.92 Å². The number of fused-ring (bicyclic) bond motifs is 2. The molecule has 1 aliphatic rings. The lowest BCUT2D eigenvalue weighted by Gasteiger charge is -2.10. The van der Waals surface area contributed by atoms with Crippen molar-refractivity contribution in [3.8, 4) is 22.8 Å². The summed E-state index contributed by atoms with van der Waals surface area (Å²) in [6.07, 6.45) is -4.73. The fourth-order valence-electron chi connectivity index (χ4n) is 3.35. The Labute approximate surface area is 185 Å². The Balaban J connectivity index is 1.45. The van der Waals surface area contributed by atoms with Gasteiger partial charge in [-0.15, -0.1) is 5.10 Å². The fourth-order valence-corrected chi connectivity index (χ4v) is 3.35. The number of halogens is 3. The van der Waals surface area contributed by atoms with Crippen LogP contribution in [0.2, 0.25) is 0 Å². The van der Waals surface area contributed by atoms with Gasteiger partial charge in [-0.2, -0.15) is 22.7 Å². The second kappa shape index (κ2) is 7.76. The van der Waals surface area contributed by atoms with Crippen molar-refractivity contribution in [2.45, 2.75) is 19.6 Å². The predicted octanol–water partition coefficient (Wildman–Crippen LogP) is 3.78. The van der Waals surface area contributed by atoms with Gasteiger partial charge in [0.25, 0.3) is 11.7 Å². The van der Waals surface area contributed by atoms with Crippen LogP contribution in [0.15, 0.2) is 48.5 Å². The number of amides is 1. The number of aryl methyl sites for hydroxylation is 1. The Morgan fingerprint density at radius 3 is 2.58 bits per heavy atom. The van der Waals surface area contributed by atoms with Gasteiger partial charge in [0, 0.05) is 12.1 Å². The Hall–Kier alpha value is -4.15. The lowest BCUT2D eigenvalue weighted by atomic mass is 10.1. The minimum Gasteiger partial charge on any atom is -0.454 e. The van der Waals surface area contributed by atoms with E-state index >= 15 is 0 Å². The minimum absolute atomic E-state index is 0.0783. The number of ether oxygens (including phenoxy) is 2. The third-order valence-corrected chi connectivity index (χ3v) is 5.04. The first-order valence-electron chi connectivity index (χ1n) is 9.87. The quantitative estimate of drug-likeness (QED) is 0.504. The van der Waals surface area contributed by atoms with Crippen molar-refractivity contribution in [3.63, 3.8) is 0 Å². The molecule has 4 aromatic rings. The van der Waals surface area contributed by atoms with Crippen molar-refractivity contribution in [1.29, 1.82) is 0 Å². The normalized spacial score (nSPS) is 12.8. The monoisotopic (exact) mass is 455 g/mol. The van der Waals surface area contributed by atoms with E-state index in [9.17, 15) is 18.0 Å². The van der Waals surface area contributed by atoms with Crippen LogP contribution in [0.1, 0.15) is 27.4 Å². The first kappa shape index (κ1) is 20.7. The molecule has 0 bridgehead atoms. The molecule has 0 saturated carbocycles. The van der Waals surface area contributed by atoms with E-state index in [0.29, 0.717) is 27.1 Å². The number of nitrogens with zero attached hydrogens (tertiary/aromatic N) is 4. The summed E-state index contributed by atoms with van der Waals surface area (Å²) < 4.78 is 52.2. The number of benzene rings is 2. The van der Waals surface area contributed by atoms with Crippen LogP contribution in [0.25, 0.3) is 17.0 Å². The van der Waals surface area contributed by atoms with E-state index in [1.165, 1.54) is 0 Å². The van der Waals surface area contributed by atoms with Crippen LogP contribution in [0.5, 0.6) is 11.5 Å². The third-order valence-electron chi connectivity index (χ3n) is 5.04. The van der Waals surface area contributed by atoms with E-state index in [1.54, 1.807) is 42.5 Å². The molecule has 1 N–H and O–H groups in total. The summed E-state index contributed by atoms with van der Waals surface area (Å²) >= 11 is 0. The maximum atomic E-state index is 13.7. The van der Waals surface area contributed by atoms with Gasteiger partial charge in [-0.3, -0.25) is 4.79 Å². The Kier molecular flexibility index (Phi) is 4.88. The molecular formula is C22H16F3N5O3. The van der Waals surface area contributed by atoms with E-state index in [1.807, 2.05) is 6.92 Å². The highest BCUT2D eigenvalue weighted by molar-refractivity contribution is 5.90. The van der Waals surface area contributed by atoms with Crippen molar-refractivity contribution in [2.24, 2.45) is 0 Å². The highest BCUT2D eigenvalue weighted by Crippen LogP contribution is 2.33. The maximum Gasteiger partial charge on any atom is 0.433 e. The summed E-state index contributed by atoms with van der Waals surface area (Å²) in [4.78, 5) is 20.7. The van der Waals surface area contributed by atoms with Crippen LogP contribution < -0.4 is 14.8 Å². The van der Waals surface area contributed by atoms with Gasteiger partial charge in [0.05, 0.1) is 5.69 Å². The van der Waals surface area contributed by atoms with Crippen molar-refractivity contribution >= 4 is 11.7 Å². The van der Waals surface area contributed by atoms with Gasteiger partial charge in [0.1, 0.15) is 0 Å². The number of hydrogen-bond acceptors (Lipinski definition) is 6. The molecule has 0 radical (unpaired) electrons. The topological polar surface area (TPSA) is 90.6 Å². The fraction of sp³-hybridized carbons (Fsp3) is 0.182. The summed E-state index contributed by atoms with van der Waals surface area (Å²) in [7, 11) is 0. The zero-order valence-electron chi connectivity index (χ0n) is 17.2. The van der Waals surface area contributed by atoms with E-state index in [0.717, 1.165) is 11.6 Å². The average Bonchev–Trinajstić information content (AvgIpc) is 3.43. The molecule has 0 atom stereocenters. The molecule has 0 spiro atoms. The molecule has 1 aliphatic heterocycles. The molecule has 0 aliphatic carbocycles. The Morgan fingerprint density at radius 1 is 1.06 bits per heavy atom. The molecule has 5 rings (SSSR count). The maximum absolute atomic E-state index is 13.7. The average molecular weight is 455 g/mol. The number of hydrogen-bond donors (Lipinski definition) is 1. The molecule has 8 nitrogen and oxygen atoms in total. The summed E-state index contributed by atoms with van der Waals surface area (Å²) in [5, 5.41) is 6.36. The summed E-state index contributed by atoms with van der Waals surface area (Å²) in [6, 6.07) is 12.9. The van der Waals surface area contributed by atoms with Gasteiger partial charge < -0.3 is 14.8 Å². The van der Waals surface area contributed by atoms with Crippen molar-refractivity contribution in [2.75, 3.05) is 6.79 Å². The van der Waals surface area contributed by atoms with E-state index < -0.39 is 23.6 Å². The summed E-state index contributed by atoms with van der Waals surface area (Å²) in [5.41, 5.74) is 1.16. The van der Waals surface area contributed by atoms with Crippen molar-refractivity contribution in [3.05, 3.63) is 71.2 Å². The van der Waals surface area contributed by atoms with Crippen LogP contribution in [0.4, 0.5) is 13.2 Å². The van der Waals surface area contributed by atoms with E-state index in [2.05, 4.69) is 20.4 Å². The SMILES string of the molecule is Cc1ccc(-c2cc(C(F)(F)F)n3nc(C(=O)NCc4ccc5c(c4)OCO5)nc3n2)cc1. The second-order valence-electron chi connectivity index (χ2n) is 7.41. The van der Waals surface area contributed by atoms with Gasteiger partial charge >= 0.3 is 6.18 Å². The van der Waals surface area contributed by atoms with Gasteiger partial charge in [-0.1, -0.05) is 35.9 Å². The highest BCUT2D eigenvalue weighted by atomic mass is 19.4. The van der Waals surface area contributed by atoms with E-state index in [4.69, 9.17) is 9.47 Å². The summed E-state index contributed by atoms with van der Waals surface area (Å²) in [6.45, 7) is 2.09. The van der Waals surface area contributed by atoms with Crippen LogP contribution >= 0.6 is 0 Å². The zero-order chi connectivity index (χ0) is 23.2.